The number of rotatable bonds is 1. The summed E-state index contributed by atoms with van der Waals surface area (Å²) >= 11 is 3.62. The minimum atomic E-state index is 0.305. The number of halogens is 1. The quantitative estimate of drug-likeness (QED) is 0.848. The number of fused-ring (bicyclic) bond motifs is 1. The van der Waals surface area contributed by atoms with Crippen LogP contribution in [0.3, 0.4) is 0 Å². The van der Waals surface area contributed by atoms with Crippen LogP contribution in [0.5, 0.6) is 0 Å². The van der Waals surface area contributed by atoms with Gasteiger partial charge in [0, 0.05) is 29.5 Å². The molecule has 1 unspecified atom stereocenters. The van der Waals surface area contributed by atoms with Crippen LogP contribution in [0.1, 0.15) is 17.3 Å². The summed E-state index contributed by atoms with van der Waals surface area (Å²) in [5, 5.41) is 3.57. The van der Waals surface area contributed by atoms with Gasteiger partial charge in [-0.1, -0.05) is 34.1 Å². The lowest BCUT2D eigenvalue weighted by atomic mass is 10.0. The van der Waals surface area contributed by atoms with Crippen molar-refractivity contribution in [3.63, 3.8) is 0 Å². The molecule has 1 atom stereocenters. The van der Waals surface area contributed by atoms with Crippen molar-refractivity contribution >= 4 is 15.9 Å². The predicted molar refractivity (Wildman–Crippen MR) is 68.4 cm³/mol. The number of benzene rings is 1. The van der Waals surface area contributed by atoms with Crippen LogP contribution in [0.4, 0.5) is 0 Å². The number of hydrogen-bond donors (Lipinski definition) is 1. The molecule has 16 heavy (non-hydrogen) atoms. The number of hydrogen-bond acceptors (Lipinski definition) is 1. The smallest absolute Gasteiger partial charge is 0.0742 e. The minimum absolute atomic E-state index is 0.305. The van der Waals surface area contributed by atoms with Crippen LogP contribution in [-0.2, 0) is 6.54 Å². The Morgan fingerprint density at radius 1 is 1.19 bits per heavy atom. The maximum Gasteiger partial charge on any atom is 0.0742 e. The van der Waals surface area contributed by atoms with Gasteiger partial charge >= 0.3 is 0 Å². The molecule has 1 aromatic carbocycles. The second-order valence-corrected chi connectivity index (χ2v) is 4.89. The number of nitrogens with zero attached hydrogens (tertiary/aromatic N) is 1. The molecular weight excluding hydrogens is 264 g/mol. The van der Waals surface area contributed by atoms with E-state index >= 15 is 0 Å². The van der Waals surface area contributed by atoms with Crippen LogP contribution in [0, 0.1) is 0 Å². The van der Waals surface area contributed by atoms with Crippen LogP contribution >= 0.6 is 15.9 Å². The molecule has 0 spiro atoms. The van der Waals surface area contributed by atoms with Crippen LogP contribution < -0.4 is 5.32 Å². The zero-order chi connectivity index (χ0) is 11.0. The van der Waals surface area contributed by atoms with Crippen molar-refractivity contribution in [2.24, 2.45) is 0 Å². The lowest BCUT2D eigenvalue weighted by molar-refractivity contribution is 0.466. The molecule has 0 radical (unpaired) electrons. The Labute approximate surface area is 103 Å². The third-order valence-corrected chi connectivity index (χ3v) is 3.80. The Bertz CT molecular complexity index is 504. The molecule has 0 saturated carbocycles. The van der Waals surface area contributed by atoms with E-state index in [1.54, 1.807) is 0 Å². The van der Waals surface area contributed by atoms with Crippen molar-refractivity contribution in [3.8, 4) is 0 Å². The summed E-state index contributed by atoms with van der Waals surface area (Å²) in [6, 6.07) is 13.0. The summed E-state index contributed by atoms with van der Waals surface area (Å²) < 4.78 is 3.49. The number of aromatic nitrogens is 1. The molecule has 3 heteroatoms. The van der Waals surface area contributed by atoms with Crippen molar-refractivity contribution in [1.29, 1.82) is 0 Å². The lowest BCUT2D eigenvalue weighted by Gasteiger charge is -2.27. The minimum Gasteiger partial charge on any atom is -0.348 e. The number of nitrogens with one attached hydrogen (secondary N) is 1. The molecule has 1 aliphatic heterocycles. The van der Waals surface area contributed by atoms with Crippen molar-refractivity contribution in [1.82, 2.24) is 9.88 Å². The van der Waals surface area contributed by atoms with Gasteiger partial charge in [-0.25, -0.2) is 0 Å². The zero-order valence-corrected chi connectivity index (χ0v) is 10.4. The molecule has 0 bridgehead atoms. The first-order valence-corrected chi connectivity index (χ1v) is 6.28. The summed E-state index contributed by atoms with van der Waals surface area (Å²) in [4.78, 5) is 0. The monoisotopic (exact) mass is 276 g/mol. The Kier molecular flexibility index (Phi) is 2.58. The Morgan fingerprint density at radius 3 is 2.94 bits per heavy atom. The van der Waals surface area contributed by atoms with Gasteiger partial charge in [0.25, 0.3) is 0 Å². The molecule has 2 nitrogen and oxygen atoms in total. The molecule has 3 rings (SSSR count). The van der Waals surface area contributed by atoms with Gasteiger partial charge in [0.05, 0.1) is 6.04 Å². The summed E-state index contributed by atoms with van der Waals surface area (Å²) in [6.45, 7) is 2.08. The van der Waals surface area contributed by atoms with Crippen molar-refractivity contribution in [2.75, 3.05) is 6.54 Å². The van der Waals surface area contributed by atoms with Gasteiger partial charge in [-0.2, -0.15) is 0 Å². The fraction of sp³-hybridized carbons (Fsp3) is 0.231. The third-order valence-electron chi connectivity index (χ3n) is 3.08. The lowest BCUT2D eigenvalue weighted by Crippen LogP contribution is -2.33. The molecule has 1 N–H and O–H groups in total. The van der Waals surface area contributed by atoms with Gasteiger partial charge < -0.3 is 9.88 Å². The van der Waals surface area contributed by atoms with E-state index < -0.39 is 0 Å². The van der Waals surface area contributed by atoms with Crippen LogP contribution in [0.15, 0.2) is 47.1 Å². The van der Waals surface area contributed by atoms with Crippen LogP contribution in [-0.4, -0.2) is 11.1 Å². The summed E-state index contributed by atoms with van der Waals surface area (Å²) in [5.74, 6) is 0. The first kappa shape index (κ1) is 10.1. The van der Waals surface area contributed by atoms with Gasteiger partial charge in [-0.15, -0.1) is 0 Å². The third kappa shape index (κ3) is 1.60. The molecule has 2 aromatic rings. The normalized spacial score (nSPS) is 19.4. The summed E-state index contributed by atoms with van der Waals surface area (Å²) in [5.41, 5.74) is 2.65. The summed E-state index contributed by atoms with van der Waals surface area (Å²) in [6.07, 6.45) is 2.15. The van der Waals surface area contributed by atoms with E-state index in [2.05, 4.69) is 68.4 Å². The Hall–Kier alpha value is -1.06. The molecule has 0 amide bonds. The van der Waals surface area contributed by atoms with E-state index in [1.165, 1.54) is 15.7 Å². The highest BCUT2D eigenvalue weighted by atomic mass is 79.9. The molecule has 0 fully saturated rings. The van der Waals surface area contributed by atoms with Crippen molar-refractivity contribution in [2.45, 2.75) is 12.6 Å². The molecule has 82 valence electrons. The van der Waals surface area contributed by atoms with E-state index in [-0.39, 0.29) is 0 Å². The molecule has 0 saturated heterocycles. The second-order valence-electron chi connectivity index (χ2n) is 4.04. The van der Waals surface area contributed by atoms with Crippen LogP contribution in [0.25, 0.3) is 0 Å². The maximum atomic E-state index is 3.62. The van der Waals surface area contributed by atoms with E-state index in [0.29, 0.717) is 6.04 Å². The Balaban J connectivity index is 2.08. The maximum absolute atomic E-state index is 3.62. The van der Waals surface area contributed by atoms with Gasteiger partial charge in [-0.3, -0.25) is 0 Å². The fourth-order valence-corrected chi connectivity index (χ4v) is 2.82. The van der Waals surface area contributed by atoms with Crippen LogP contribution in [0.2, 0.25) is 0 Å². The van der Waals surface area contributed by atoms with Crippen molar-refractivity contribution < 1.29 is 0 Å². The highest BCUT2D eigenvalue weighted by Crippen LogP contribution is 2.30. The first-order valence-electron chi connectivity index (χ1n) is 5.49. The summed E-state index contributed by atoms with van der Waals surface area (Å²) in [7, 11) is 0. The average Bonchev–Trinajstić information content (AvgIpc) is 2.77. The fourth-order valence-electron chi connectivity index (χ4n) is 2.31. The van der Waals surface area contributed by atoms with E-state index in [0.717, 1.165) is 13.1 Å². The first-order chi connectivity index (χ1) is 7.86. The molecule has 1 aliphatic rings. The van der Waals surface area contributed by atoms with Gasteiger partial charge in [0.15, 0.2) is 0 Å². The van der Waals surface area contributed by atoms with E-state index in [9.17, 15) is 0 Å². The van der Waals surface area contributed by atoms with Gasteiger partial charge in [-0.05, 0) is 23.8 Å². The van der Waals surface area contributed by atoms with E-state index in [4.69, 9.17) is 0 Å². The molecule has 0 aliphatic carbocycles. The zero-order valence-electron chi connectivity index (χ0n) is 8.86. The predicted octanol–water partition coefficient (Wildman–Crippen LogP) is 2.94. The van der Waals surface area contributed by atoms with E-state index in [1.807, 2.05) is 0 Å². The average molecular weight is 277 g/mol. The SMILES string of the molecule is Brc1ccccc1C1NCCn2cccc21. The van der Waals surface area contributed by atoms with Crippen molar-refractivity contribution in [3.05, 3.63) is 58.3 Å². The standard InChI is InChI=1S/C13H13BrN2/c14-11-5-2-1-4-10(11)13-12-6-3-8-16(12)9-7-15-13/h1-6,8,13,15H,7,9H2. The largest absolute Gasteiger partial charge is 0.348 e. The molecule has 1 aromatic heterocycles. The highest BCUT2D eigenvalue weighted by Gasteiger charge is 2.21. The molecule has 2 heterocycles. The second kappa shape index (κ2) is 4.07. The highest BCUT2D eigenvalue weighted by molar-refractivity contribution is 9.10. The Morgan fingerprint density at radius 2 is 2.06 bits per heavy atom. The molecular formula is C13H13BrN2. The topological polar surface area (TPSA) is 17.0 Å². The van der Waals surface area contributed by atoms with Gasteiger partial charge in [0.2, 0.25) is 0 Å². The van der Waals surface area contributed by atoms with Gasteiger partial charge in [0.1, 0.15) is 0 Å².